The van der Waals surface area contributed by atoms with Crippen LogP contribution in [0.5, 0.6) is 0 Å². The number of carbonyl (C=O) groups excluding carboxylic acids is 1. The van der Waals surface area contributed by atoms with Gasteiger partial charge in [0.2, 0.25) is 5.91 Å². The number of carbonyl (C=O) groups is 1. The molecule has 0 aromatic heterocycles. The lowest BCUT2D eigenvalue weighted by atomic mass is 10.1. The number of aliphatic hydroxyl groups is 1. The van der Waals surface area contributed by atoms with Crippen molar-refractivity contribution in [3.05, 3.63) is 36.5 Å². The molecule has 0 rings (SSSR count). The van der Waals surface area contributed by atoms with Crippen LogP contribution in [0.25, 0.3) is 0 Å². The number of unbranched alkanes of at least 4 members (excludes halogenated alkanes) is 21. The number of nitrogens with one attached hydrogen (secondary N) is 1. The highest BCUT2D eigenvalue weighted by atomic mass is 31.2. The molecule has 3 atom stereocenters. The van der Waals surface area contributed by atoms with Crippen LogP contribution in [0, 0.1) is 0 Å². The summed E-state index contributed by atoms with van der Waals surface area (Å²) in [5.41, 5.74) is 0. The molecule has 3 N–H and O–H groups in total. The van der Waals surface area contributed by atoms with Gasteiger partial charge in [-0.2, -0.15) is 0 Å². The SMILES string of the molecule is CCCCCCCCCCCC/C=C/CC/C=C/CC/C=C/C(O)C(COP(=O)(O)OCC[N+](C)(C)C)NC(=O)CCCCCCCCCCCC. The number of amides is 1. The Hall–Kier alpha value is -1.28. The molecule has 0 saturated heterocycles. The monoisotopic (exact) mass is 756 g/mol. The highest BCUT2D eigenvalue weighted by Crippen LogP contribution is 2.43. The van der Waals surface area contributed by atoms with Crippen LogP contribution in [-0.2, 0) is 18.4 Å². The van der Waals surface area contributed by atoms with E-state index in [-0.39, 0.29) is 19.1 Å². The number of hydrogen-bond donors (Lipinski definition) is 3. The Morgan fingerprint density at radius 3 is 1.54 bits per heavy atom. The molecule has 0 fully saturated rings. The molecule has 52 heavy (non-hydrogen) atoms. The van der Waals surface area contributed by atoms with Gasteiger partial charge in [-0.1, -0.05) is 166 Å². The number of allylic oxidation sites excluding steroid dienone is 5. The van der Waals surface area contributed by atoms with Crippen LogP contribution >= 0.6 is 7.82 Å². The van der Waals surface area contributed by atoms with Crippen molar-refractivity contribution in [1.29, 1.82) is 0 Å². The van der Waals surface area contributed by atoms with Gasteiger partial charge in [0.05, 0.1) is 39.9 Å². The van der Waals surface area contributed by atoms with Gasteiger partial charge in [0, 0.05) is 6.42 Å². The summed E-state index contributed by atoms with van der Waals surface area (Å²) >= 11 is 0. The van der Waals surface area contributed by atoms with E-state index in [0.717, 1.165) is 44.9 Å². The van der Waals surface area contributed by atoms with Crippen molar-refractivity contribution >= 4 is 13.7 Å². The highest BCUT2D eigenvalue weighted by Gasteiger charge is 2.27. The fraction of sp³-hybridized carbons (Fsp3) is 0.837. The van der Waals surface area contributed by atoms with Crippen LogP contribution in [0.3, 0.4) is 0 Å². The summed E-state index contributed by atoms with van der Waals surface area (Å²) in [4.78, 5) is 23.0. The third-order valence-corrected chi connectivity index (χ3v) is 10.3. The smallest absolute Gasteiger partial charge is 0.387 e. The predicted molar refractivity (Wildman–Crippen MR) is 221 cm³/mol. The summed E-state index contributed by atoms with van der Waals surface area (Å²) in [7, 11) is 1.55. The zero-order chi connectivity index (χ0) is 38.6. The first-order chi connectivity index (χ1) is 25.0. The summed E-state index contributed by atoms with van der Waals surface area (Å²) in [6.07, 6.45) is 42.2. The Morgan fingerprint density at radius 2 is 1.06 bits per heavy atom. The summed E-state index contributed by atoms with van der Waals surface area (Å²) in [6, 6.07) is -0.864. The van der Waals surface area contributed by atoms with E-state index in [4.69, 9.17) is 9.05 Å². The maximum absolute atomic E-state index is 12.8. The zero-order valence-corrected chi connectivity index (χ0v) is 35.4. The number of nitrogens with zero attached hydrogens (tertiary/aromatic N) is 1. The van der Waals surface area contributed by atoms with Crippen molar-refractivity contribution in [1.82, 2.24) is 5.32 Å². The van der Waals surface area contributed by atoms with Gasteiger partial charge in [0.1, 0.15) is 13.2 Å². The number of rotatable bonds is 38. The molecule has 0 aromatic rings. The lowest BCUT2D eigenvalue weighted by molar-refractivity contribution is -0.870. The normalized spacial score (nSPS) is 14.8. The van der Waals surface area contributed by atoms with E-state index in [9.17, 15) is 19.4 Å². The second kappa shape index (κ2) is 35.4. The molecule has 0 aromatic carbocycles. The first-order valence-electron chi connectivity index (χ1n) is 21.4. The Morgan fingerprint density at radius 1 is 0.635 bits per heavy atom. The van der Waals surface area contributed by atoms with E-state index in [2.05, 4.69) is 43.5 Å². The molecule has 0 bridgehead atoms. The molecule has 0 radical (unpaired) electrons. The summed E-state index contributed by atoms with van der Waals surface area (Å²) < 4.78 is 23.5. The quantitative estimate of drug-likeness (QED) is 0.0251. The number of quaternary nitrogens is 1. The van der Waals surface area contributed by atoms with E-state index < -0.39 is 20.0 Å². The second-order valence-corrected chi connectivity index (χ2v) is 17.2. The lowest BCUT2D eigenvalue weighted by Gasteiger charge is -2.25. The molecule has 0 spiro atoms. The van der Waals surface area contributed by atoms with Gasteiger partial charge in [-0.3, -0.25) is 13.8 Å². The minimum atomic E-state index is -4.34. The van der Waals surface area contributed by atoms with Crippen LogP contribution in [0.2, 0.25) is 0 Å². The first-order valence-corrected chi connectivity index (χ1v) is 22.9. The van der Waals surface area contributed by atoms with E-state index in [0.29, 0.717) is 17.4 Å². The molecule has 3 unspecified atom stereocenters. The third-order valence-electron chi connectivity index (χ3n) is 9.34. The molecule has 1 amide bonds. The van der Waals surface area contributed by atoms with Crippen LogP contribution < -0.4 is 5.32 Å². The molecule has 0 heterocycles. The van der Waals surface area contributed by atoms with Crippen molar-refractivity contribution in [3.63, 3.8) is 0 Å². The summed E-state index contributed by atoms with van der Waals surface area (Å²) in [6.45, 7) is 4.76. The minimum absolute atomic E-state index is 0.0543. The Kier molecular flexibility index (Phi) is 34.6. The average molecular weight is 756 g/mol. The van der Waals surface area contributed by atoms with Crippen molar-refractivity contribution in [2.45, 2.75) is 193 Å². The van der Waals surface area contributed by atoms with E-state index in [1.54, 1.807) is 6.08 Å². The van der Waals surface area contributed by atoms with Crippen molar-refractivity contribution < 1.29 is 32.9 Å². The molecule has 0 aliphatic carbocycles. The van der Waals surface area contributed by atoms with Gasteiger partial charge in [0.15, 0.2) is 0 Å². The number of hydrogen-bond acceptors (Lipinski definition) is 5. The first kappa shape index (κ1) is 50.7. The molecule has 8 nitrogen and oxygen atoms in total. The molecular weight excluding hydrogens is 671 g/mol. The molecule has 0 aliphatic heterocycles. The standard InChI is InChI=1S/C43H83N2O6P/c1-6-8-10-12-14-16-18-19-20-21-22-23-24-25-26-27-28-30-32-34-36-42(46)41(40-51-52(48,49)50-39-38-45(3,4)5)44-43(47)37-35-33-31-29-17-15-13-11-9-7-2/h23-24,27-28,34,36,41-42,46H,6-22,25-26,29-33,35,37-40H2,1-5H3,(H-,44,47,48,49)/p+1/b24-23+,28-27+,36-34+. The Balaban J connectivity index is 4.49. The largest absolute Gasteiger partial charge is 0.472 e. The molecular formula is C43H84N2O6P+. The molecule has 0 saturated carbocycles. The van der Waals surface area contributed by atoms with Gasteiger partial charge in [-0.15, -0.1) is 0 Å². The highest BCUT2D eigenvalue weighted by molar-refractivity contribution is 7.47. The van der Waals surface area contributed by atoms with Crippen molar-refractivity contribution in [3.8, 4) is 0 Å². The minimum Gasteiger partial charge on any atom is -0.387 e. The van der Waals surface area contributed by atoms with Gasteiger partial charge in [0.25, 0.3) is 0 Å². The Labute approximate surface area is 321 Å². The lowest BCUT2D eigenvalue weighted by Crippen LogP contribution is -2.45. The predicted octanol–water partition coefficient (Wildman–Crippen LogP) is 11.5. The van der Waals surface area contributed by atoms with Crippen LogP contribution in [0.1, 0.15) is 181 Å². The molecule has 306 valence electrons. The second-order valence-electron chi connectivity index (χ2n) is 15.7. The summed E-state index contributed by atoms with van der Waals surface area (Å²) in [5.74, 6) is -0.195. The van der Waals surface area contributed by atoms with Crippen molar-refractivity contribution in [2.24, 2.45) is 0 Å². The topological polar surface area (TPSA) is 105 Å². The van der Waals surface area contributed by atoms with Crippen LogP contribution in [0.15, 0.2) is 36.5 Å². The number of phosphoric acid groups is 1. The van der Waals surface area contributed by atoms with Crippen molar-refractivity contribution in [2.75, 3.05) is 40.9 Å². The fourth-order valence-electron chi connectivity index (χ4n) is 5.90. The third kappa shape index (κ3) is 37.1. The zero-order valence-electron chi connectivity index (χ0n) is 34.5. The maximum Gasteiger partial charge on any atom is 0.472 e. The molecule has 9 heteroatoms. The number of phosphoric ester groups is 1. The van der Waals surface area contributed by atoms with Gasteiger partial charge in [-0.25, -0.2) is 4.57 Å². The fourth-order valence-corrected chi connectivity index (χ4v) is 6.63. The Bertz CT molecular complexity index is 948. The van der Waals surface area contributed by atoms with E-state index >= 15 is 0 Å². The van der Waals surface area contributed by atoms with Gasteiger partial charge in [-0.05, 0) is 44.9 Å². The average Bonchev–Trinajstić information content (AvgIpc) is 3.09. The number of likely N-dealkylation sites (N-methyl/N-ethyl adjacent to an activating group) is 1. The van der Waals surface area contributed by atoms with E-state index in [1.807, 2.05) is 27.2 Å². The summed E-state index contributed by atoms with van der Waals surface area (Å²) in [5, 5.41) is 13.7. The maximum atomic E-state index is 12.8. The van der Waals surface area contributed by atoms with Crippen LogP contribution in [-0.4, -0.2) is 73.4 Å². The molecule has 0 aliphatic rings. The van der Waals surface area contributed by atoms with Gasteiger partial charge < -0.3 is 19.8 Å². The number of aliphatic hydroxyl groups excluding tert-OH is 1. The van der Waals surface area contributed by atoms with E-state index in [1.165, 1.54) is 116 Å². The van der Waals surface area contributed by atoms with Gasteiger partial charge >= 0.3 is 7.82 Å². The van der Waals surface area contributed by atoms with Crippen LogP contribution in [0.4, 0.5) is 0 Å².